The highest BCUT2D eigenvalue weighted by Crippen LogP contribution is 2.43. The van der Waals surface area contributed by atoms with Crippen molar-refractivity contribution in [3.63, 3.8) is 0 Å². The lowest BCUT2D eigenvalue weighted by Crippen LogP contribution is -2.33. The normalized spacial score (nSPS) is 13.1. The molecule has 0 saturated carbocycles. The van der Waals surface area contributed by atoms with Crippen molar-refractivity contribution in [1.82, 2.24) is 0 Å². The first kappa shape index (κ1) is 14.8. The summed E-state index contributed by atoms with van der Waals surface area (Å²) >= 11 is 0. The van der Waals surface area contributed by atoms with Crippen LogP contribution in [0.3, 0.4) is 0 Å². The van der Waals surface area contributed by atoms with E-state index in [1.165, 1.54) is 14.2 Å². The summed E-state index contributed by atoms with van der Waals surface area (Å²) in [4.78, 5) is 0. The summed E-state index contributed by atoms with van der Waals surface area (Å²) in [5, 5.41) is 0. The van der Waals surface area contributed by atoms with E-state index in [1.807, 2.05) is 0 Å². The molecule has 2 nitrogen and oxygen atoms in total. The molecule has 0 aliphatic carbocycles. The molecule has 0 aromatic heterocycles. The maximum absolute atomic E-state index is 13.0. The monoisotopic (exact) mass is 270 g/mol. The van der Waals surface area contributed by atoms with Gasteiger partial charge in [-0.2, -0.15) is 22.0 Å². The van der Waals surface area contributed by atoms with Crippen molar-refractivity contribution >= 4 is 0 Å². The largest absolute Gasteiger partial charge is 0.458 e. The molecule has 1 rings (SSSR count). The second-order valence-electron chi connectivity index (χ2n) is 3.50. The Morgan fingerprint density at radius 3 is 1.67 bits per heavy atom. The third-order valence-electron chi connectivity index (χ3n) is 2.33. The fourth-order valence-electron chi connectivity index (χ4n) is 1.38. The summed E-state index contributed by atoms with van der Waals surface area (Å²) in [5.41, 5.74) is -0.772. The summed E-state index contributed by atoms with van der Waals surface area (Å²) in [5.74, 6) is -4.87. The summed E-state index contributed by atoms with van der Waals surface area (Å²) in [6.07, 6.45) is -6.42. The molecule has 18 heavy (non-hydrogen) atoms. The topological polar surface area (TPSA) is 18.5 Å². The summed E-state index contributed by atoms with van der Waals surface area (Å²) in [6, 6.07) is 3.61. The third-order valence-corrected chi connectivity index (χ3v) is 2.33. The van der Waals surface area contributed by atoms with E-state index in [1.54, 1.807) is 0 Å². The number of hydrogen-bond donors (Lipinski definition) is 0. The SMILES string of the molecule is COC(OC)c1ccc(C(F)(F)C(F)(F)F)cc1. The van der Waals surface area contributed by atoms with Gasteiger partial charge in [0.25, 0.3) is 0 Å². The fourth-order valence-corrected chi connectivity index (χ4v) is 1.38. The zero-order valence-corrected chi connectivity index (χ0v) is 9.59. The molecule has 0 unspecified atom stereocenters. The standard InChI is InChI=1S/C11H11F5O2/c1-17-9(18-2)7-3-5-8(6-4-7)10(12,13)11(14,15)16/h3-6,9H,1-2H3. The minimum absolute atomic E-state index is 0.349. The maximum atomic E-state index is 13.0. The van der Waals surface area contributed by atoms with Gasteiger partial charge in [0, 0.05) is 25.3 Å². The van der Waals surface area contributed by atoms with E-state index in [0.717, 1.165) is 12.1 Å². The predicted octanol–water partition coefficient (Wildman–Crippen LogP) is 3.63. The van der Waals surface area contributed by atoms with Crippen molar-refractivity contribution in [1.29, 1.82) is 0 Å². The van der Waals surface area contributed by atoms with Gasteiger partial charge in [0.2, 0.25) is 0 Å². The molecule has 0 fully saturated rings. The molecule has 0 saturated heterocycles. The number of alkyl halides is 5. The lowest BCUT2D eigenvalue weighted by Gasteiger charge is -2.20. The van der Waals surface area contributed by atoms with Gasteiger partial charge in [-0.3, -0.25) is 0 Å². The Morgan fingerprint density at radius 1 is 0.889 bits per heavy atom. The van der Waals surface area contributed by atoms with Crippen molar-refractivity contribution in [2.24, 2.45) is 0 Å². The van der Waals surface area contributed by atoms with Crippen molar-refractivity contribution in [2.45, 2.75) is 18.4 Å². The molecular weight excluding hydrogens is 259 g/mol. The van der Waals surface area contributed by atoms with E-state index < -0.39 is 24.0 Å². The second-order valence-corrected chi connectivity index (χ2v) is 3.50. The molecule has 1 aromatic carbocycles. The van der Waals surface area contributed by atoms with E-state index in [9.17, 15) is 22.0 Å². The Bertz CT molecular complexity index is 381. The molecule has 0 atom stereocenters. The maximum Gasteiger partial charge on any atom is 0.458 e. The molecule has 0 amide bonds. The first-order valence-electron chi connectivity index (χ1n) is 4.84. The number of halogens is 5. The Kier molecular flexibility index (Phi) is 4.28. The van der Waals surface area contributed by atoms with Gasteiger partial charge in [-0.1, -0.05) is 24.3 Å². The van der Waals surface area contributed by atoms with E-state index in [2.05, 4.69) is 0 Å². The van der Waals surface area contributed by atoms with Gasteiger partial charge in [-0.25, -0.2) is 0 Å². The Hall–Kier alpha value is -1.21. The van der Waals surface area contributed by atoms with E-state index >= 15 is 0 Å². The molecule has 1 aromatic rings. The minimum atomic E-state index is -5.61. The number of benzene rings is 1. The molecule has 0 spiro atoms. The van der Waals surface area contributed by atoms with E-state index in [-0.39, 0.29) is 0 Å². The lowest BCUT2D eigenvalue weighted by molar-refractivity contribution is -0.289. The van der Waals surface area contributed by atoms with Crippen LogP contribution in [0.4, 0.5) is 22.0 Å². The Morgan fingerprint density at radius 2 is 1.33 bits per heavy atom. The van der Waals surface area contributed by atoms with Crippen LogP contribution in [-0.4, -0.2) is 20.4 Å². The zero-order valence-electron chi connectivity index (χ0n) is 9.59. The summed E-state index contributed by atoms with van der Waals surface area (Å²) in [7, 11) is 2.65. The summed E-state index contributed by atoms with van der Waals surface area (Å²) in [6.45, 7) is 0. The average Bonchev–Trinajstić information content (AvgIpc) is 2.30. The number of methoxy groups -OCH3 is 2. The van der Waals surface area contributed by atoms with Gasteiger partial charge >= 0.3 is 12.1 Å². The Balaban J connectivity index is 3.03. The molecule has 0 aliphatic rings. The van der Waals surface area contributed by atoms with Crippen LogP contribution in [0.1, 0.15) is 17.4 Å². The van der Waals surface area contributed by atoms with Gasteiger partial charge in [-0.05, 0) is 0 Å². The average molecular weight is 270 g/mol. The van der Waals surface area contributed by atoms with Crippen LogP contribution in [0.15, 0.2) is 24.3 Å². The van der Waals surface area contributed by atoms with Gasteiger partial charge in [0.1, 0.15) is 0 Å². The van der Waals surface area contributed by atoms with Crippen molar-refractivity contribution in [3.8, 4) is 0 Å². The van der Waals surface area contributed by atoms with Crippen LogP contribution in [0.25, 0.3) is 0 Å². The minimum Gasteiger partial charge on any atom is -0.352 e. The molecule has 102 valence electrons. The van der Waals surface area contributed by atoms with E-state index in [0.29, 0.717) is 17.7 Å². The Labute approximate surface area is 100 Å². The molecular formula is C11H11F5O2. The predicted molar refractivity (Wildman–Crippen MR) is 53.2 cm³/mol. The summed E-state index contributed by atoms with van der Waals surface area (Å²) < 4.78 is 72.0. The van der Waals surface area contributed by atoms with Gasteiger partial charge in [0.15, 0.2) is 6.29 Å². The number of ether oxygens (including phenoxy) is 2. The molecule has 0 radical (unpaired) electrons. The van der Waals surface area contributed by atoms with Crippen LogP contribution in [0.2, 0.25) is 0 Å². The highest BCUT2D eigenvalue weighted by atomic mass is 19.4. The molecule has 0 bridgehead atoms. The first-order valence-corrected chi connectivity index (χ1v) is 4.84. The number of hydrogen-bond acceptors (Lipinski definition) is 2. The fraction of sp³-hybridized carbons (Fsp3) is 0.455. The van der Waals surface area contributed by atoms with Gasteiger partial charge in [-0.15, -0.1) is 0 Å². The van der Waals surface area contributed by atoms with Gasteiger partial charge < -0.3 is 9.47 Å². The van der Waals surface area contributed by atoms with Crippen LogP contribution in [0, 0.1) is 0 Å². The highest BCUT2D eigenvalue weighted by Gasteiger charge is 2.58. The quantitative estimate of drug-likeness (QED) is 0.614. The second kappa shape index (κ2) is 5.19. The molecule has 7 heteroatoms. The van der Waals surface area contributed by atoms with Crippen LogP contribution in [-0.2, 0) is 15.4 Å². The molecule has 0 N–H and O–H groups in total. The zero-order chi connectivity index (χ0) is 14.0. The molecule has 0 aliphatic heterocycles. The van der Waals surface area contributed by atoms with Crippen molar-refractivity contribution in [3.05, 3.63) is 35.4 Å². The molecule has 0 heterocycles. The number of rotatable bonds is 4. The van der Waals surface area contributed by atoms with Crippen LogP contribution in [0.5, 0.6) is 0 Å². The van der Waals surface area contributed by atoms with Crippen molar-refractivity contribution < 1.29 is 31.4 Å². The first-order chi connectivity index (χ1) is 8.24. The smallest absolute Gasteiger partial charge is 0.352 e. The van der Waals surface area contributed by atoms with Gasteiger partial charge in [0.05, 0.1) is 0 Å². The van der Waals surface area contributed by atoms with Crippen LogP contribution >= 0.6 is 0 Å². The van der Waals surface area contributed by atoms with E-state index in [4.69, 9.17) is 9.47 Å². The lowest BCUT2D eigenvalue weighted by atomic mass is 10.1. The third kappa shape index (κ3) is 2.78. The van der Waals surface area contributed by atoms with Crippen molar-refractivity contribution in [2.75, 3.05) is 14.2 Å². The highest BCUT2D eigenvalue weighted by molar-refractivity contribution is 5.27. The van der Waals surface area contributed by atoms with Crippen LogP contribution < -0.4 is 0 Å².